The van der Waals surface area contributed by atoms with E-state index in [9.17, 15) is 4.57 Å². The highest BCUT2D eigenvalue weighted by Gasteiger charge is 2.25. The maximum absolute atomic E-state index is 11.2. The van der Waals surface area contributed by atoms with Crippen molar-refractivity contribution in [2.75, 3.05) is 20.3 Å². The van der Waals surface area contributed by atoms with E-state index < -0.39 is 7.82 Å². The second-order valence-corrected chi connectivity index (χ2v) is 3.78. The first-order chi connectivity index (χ1) is 4.77. The van der Waals surface area contributed by atoms with Crippen LogP contribution in [0.3, 0.4) is 0 Å². The Morgan fingerprint density at radius 1 is 1.30 bits per heavy atom. The van der Waals surface area contributed by atoms with Gasteiger partial charge < -0.3 is 0 Å². The summed E-state index contributed by atoms with van der Waals surface area (Å²) in [6.07, 6.45) is 1.76. The van der Waals surface area contributed by atoms with Crippen molar-refractivity contribution in [2.45, 2.75) is 12.8 Å². The van der Waals surface area contributed by atoms with Gasteiger partial charge in [0, 0.05) is 7.11 Å². The van der Waals surface area contributed by atoms with Gasteiger partial charge in [0.15, 0.2) is 0 Å². The predicted molar refractivity (Wildman–Crippen MR) is 35.8 cm³/mol. The Hall–Kier alpha value is 0.110. The third kappa shape index (κ3) is 2.06. The third-order valence-electron chi connectivity index (χ3n) is 1.26. The lowest BCUT2D eigenvalue weighted by atomic mass is 10.3. The number of phosphoric ester groups is 1. The maximum Gasteiger partial charge on any atom is 0.474 e. The van der Waals surface area contributed by atoms with E-state index in [1.54, 1.807) is 0 Å². The molecule has 5 heteroatoms. The molecule has 0 saturated carbocycles. The molecular formula is C5H11O4P. The SMILES string of the molecule is COP1(=O)OCCCCO1. The third-order valence-corrected chi connectivity index (χ3v) is 2.71. The van der Waals surface area contributed by atoms with Gasteiger partial charge in [-0.2, -0.15) is 0 Å². The van der Waals surface area contributed by atoms with Crippen molar-refractivity contribution >= 4 is 7.82 Å². The summed E-state index contributed by atoms with van der Waals surface area (Å²) in [6, 6.07) is 0. The average molecular weight is 166 g/mol. The summed E-state index contributed by atoms with van der Waals surface area (Å²) in [5, 5.41) is 0. The van der Waals surface area contributed by atoms with Crippen molar-refractivity contribution in [2.24, 2.45) is 0 Å². The molecule has 0 unspecified atom stereocenters. The average Bonchev–Trinajstić information content (AvgIpc) is 2.15. The van der Waals surface area contributed by atoms with Crippen LogP contribution in [-0.2, 0) is 18.1 Å². The zero-order chi connectivity index (χ0) is 7.45. The molecule has 60 valence electrons. The van der Waals surface area contributed by atoms with Gasteiger partial charge in [-0.25, -0.2) is 4.57 Å². The minimum absolute atomic E-state index is 0.463. The van der Waals surface area contributed by atoms with Crippen LogP contribution < -0.4 is 0 Å². The van der Waals surface area contributed by atoms with Crippen molar-refractivity contribution in [3.63, 3.8) is 0 Å². The number of hydrogen-bond acceptors (Lipinski definition) is 4. The Morgan fingerprint density at radius 3 is 2.20 bits per heavy atom. The summed E-state index contributed by atoms with van der Waals surface area (Å²) in [4.78, 5) is 0. The molecule has 0 N–H and O–H groups in total. The molecule has 0 aromatic rings. The summed E-state index contributed by atoms with van der Waals surface area (Å²) in [7, 11) is -1.81. The van der Waals surface area contributed by atoms with Crippen LogP contribution in [0.5, 0.6) is 0 Å². The predicted octanol–water partition coefficient (Wildman–Crippen LogP) is 1.57. The molecule has 1 fully saturated rings. The van der Waals surface area contributed by atoms with Crippen LogP contribution in [0.25, 0.3) is 0 Å². The molecule has 1 saturated heterocycles. The monoisotopic (exact) mass is 166 g/mol. The van der Waals surface area contributed by atoms with E-state index in [0.717, 1.165) is 12.8 Å². The van der Waals surface area contributed by atoms with Crippen LogP contribution >= 0.6 is 7.82 Å². The summed E-state index contributed by atoms with van der Waals surface area (Å²) in [5.41, 5.74) is 0. The zero-order valence-corrected chi connectivity index (χ0v) is 6.80. The highest BCUT2D eigenvalue weighted by Crippen LogP contribution is 2.49. The molecule has 0 aromatic carbocycles. The first-order valence-electron chi connectivity index (χ1n) is 3.22. The lowest BCUT2D eigenvalue weighted by molar-refractivity contribution is 0.154. The van der Waals surface area contributed by atoms with Gasteiger partial charge in [-0.1, -0.05) is 0 Å². The largest absolute Gasteiger partial charge is 0.474 e. The Bertz CT molecular complexity index is 135. The maximum atomic E-state index is 11.2. The van der Waals surface area contributed by atoms with Crippen LogP contribution in [-0.4, -0.2) is 20.3 Å². The normalized spacial score (nSPS) is 25.7. The summed E-state index contributed by atoms with van der Waals surface area (Å²) in [5.74, 6) is 0. The van der Waals surface area contributed by atoms with Crippen LogP contribution in [0.4, 0.5) is 0 Å². The Balaban J connectivity index is 2.49. The fourth-order valence-electron chi connectivity index (χ4n) is 0.700. The molecule has 4 nitrogen and oxygen atoms in total. The molecule has 0 atom stereocenters. The van der Waals surface area contributed by atoms with Gasteiger partial charge in [0.25, 0.3) is 0 Å². The van der Waals surface area contributed by atoms with Gasteiger partial charge in [-0.15, -0.1) is 0 Å². The molecule has 0 bridgehead atoms. The fraction of sp³-hybridized carbons (Fsp3) is 1.00. The number of hydrogen-bond donors (Lipinski definition) is 0. The van der Waals surface area contributed by atoms with E-state index in [1.165, 1.54) is 7.11 Å². The van der Waals surface area contributed by atoms with Gasteiger partial charge in [-0.3, -0.25) is 13.6 Å². The molecular weight excluding hydrogens is 155 g/mol. The highest BCUT2D eigenvalue weighted by molar-refractivity contribution is 7.48. The summed E-state index contributed by atoms with van der Waals surface area (Å²) < 4.78 is 25.4. The van der Waals surface area contributed by atoms with E-state index in [1.807, 2.05) is 0 Å². The fourth-order valence-corrected chi connectivity index (χ4v) is 1.69. The van der Waals surface area contributed by atoms with Crippen molar-refractivity contribution < 1.29 is 18.1 Å². The van der Waals surface area contributed by atoms with E-state index in [2.05, 4.69) is 4.52 Å². The molecule has 0 amide bonds. The van der Waals surface area contributed by atoms with Gasteiger partial charge in [0.05, 0.1) is 13.2 Å². The van der Waals surface area contributed by atoms with Gasteiger partial charge >= 0.3 is 7.82 Å². The second kappa shape index (κ2) is 3.49. The first kappa shape index (κ1) is 8.21. The lowest BCUT2D eigenvalue weighted by Gasteiger charge is -2.10. The first-order valence-corrected chi connectivity index (χ1v) is 4.68. The topological polar surface area (TPSA) is 44.8 Å². The Morgan fingerprint density at radius 2 is 1.80 bits per heavy atom. The summed E-state index contributed by atoms with van der Waals surface area (Å²) >= 11 is 0. The minimum atomic E-state index is -3.14. The van der Waals surface area contributed by atoms with Crippen molar-refractivity contribution in [3.05, 3.63) is 0 Å². The van der Waals surface area contributed by atoms with Crippen molar-refractivity contribution in [1.82, 2.24) is 0 Å². The van der Waals surface area contributed by atoms with E-state index in [0.29, 0.717) is 13.2 Å². The van der Waals surface area contributed by atoms with E-state index in [-0.39, 0.29) is 0 Å². The van der Waals surface area contributed by atoms with Crippen molar-refractivity contribution in [1.29, 1.82) is 0 Å². The smallest absolute Gasteiger partial charge is 0.290 e. The Kier molecular flexibility index (Phi) is 2.86. The molecule has 0 aliphatic carbocycles. The number of rotatable bonds is 1. The van der Waals surface area contributed by atoms with Crippen LogP contribution in [0.15, 0.2) is 0 Å². The van der Waals surface area contributed by atoms with Crippen LogP contribution in [0.1, 0.15) is 12.8 Å². The molecule has 1 aliphatic rings. The molecule has 10 heavy (non-hydrogen) atoms. The number of phosphoric acid groups is 1. The molecule has 1 heterocycles. The lowest BCUT2D eigenvalue weighted by Crippen LogP contribution is -1.93. The van der Waals surface area contributed by atoms with Gasteiger partial charge in [-0.05, 0) is 12.8 Å². The quantitative estimate of drug-likeness (QED) is 0.554. The molecule has 0 aromatic heterocycles. The second-order valence-electron chi connectivity index (χ2n) is 2.00. The minimum Gasteiger partial charge on any atom is -0.290 e. The molecule has 1 aliphatic heterocycles. The van der Waals surface area contributed by atoms with Crippen molar-refractivity contribution in [3.8, 4) is 0 Å². The highest BCUT2D eigenvalue weighted by atomic mass is 31.2. The van der Waals surface area contributed by atoms with Gasteiger partial charge in [0.1, 0.15) is 0 Å². The van der Waals surface area contributed by atoms with Crippen LogP contribution in [0.2, 0.25) is 0 Å². The molecule has 1 rings (SSSR count). The standard InChI is InChI=1S/C5H11O4P/c1-7-10(6)8-4-2-3-5-9-10/h2-5H2,1H3. The van der Waals surface area contributed by atoms with Gasteiger partial charge in [0.2, 0.25) is 0 Å². The molecule has 0 spiro atoms. The van der Waals surface area contributed by atoms with Crippen LogP contribution in [0, 0.1) is 0 Å². The van der Waals surface area contributed by atoms with E-state index >= 15 is 0 Å². The Labute approximate surface area is 60.1 Å². The van der Waals surface area contributed by atoms with E-state index in [4.69, 9.17) is 9.05 Å². The summed E-state index contributed by atoms with van der Waals surface area (Å²) in [6.45, 7) is 0.927. The zero-order valence-electron chi connectivity index (χ0n) is 5.91. The molecule has 0 radical (unpaired) electrons.